The Morgan fingerprint density at radius 1 is 1.47 bits per heavy atom. The van der Waals surface area contributed by atoms with Crippen molar-refractivity contribution in [3.8, 4) is 0 Å². The first kappa shape index (κ1) is 10.1. The second-order valence-corrected chi connectivity index (χ2v) is 3.85. The number of pyridine rings is 1. The fourth-order valence-electron chi connectivity index (χ4n) is 1.99. The Bertz CT molecular complexity index is 340. The summed E-state index contributed by atoms with van der Waals surface area (Å²) in [6.45, 7) is 0.768. The lowest BCUT2D eigenvalue weighted by molar-refractivity contribution is -0.143. The summed E-state index contributed by atoms with van der Waals surface area (Å²) in [4.78, 5) is 14.8. The molecule has 4 heteroatoms. The van der Waals surface area contributed by atoms with Gasteiger partial charge in [0, 0.05) is 18.4 Å². The average molecular weight is 206 g/mol. The van der Waals surface area contributed by atoms with Crippen molar-refractivity contribution in [3.05, 3.63) is 30.1 Å². The number of rotatable bonds is 2. The van der Waals surface area contributed by atoms with Gasteiger partial charge in [-0.2, -0.15) is 0 Å². The molecule has 2 rings (SSSR count). The standard InChI is InChI=1S/C11H14N2O2/c14-11(15)9-3-6-13-10(7-9)8-1-4-12-5-2-8/h1-2,4-5,9-10,13H,3,6-7H2,(H,14,15). The lowest BCUT2D eigenvalue weighted by Gasteiger charge is -2.28. The number of nitrogens with zero attached hydrogens (tertiary/aromatic N) is 1. The molecule has 2 N–H and O–H groups in total. The minimum atomic E-state index is -0.685. The molecule has 2 unspecified atom stereocenters. The molecule has 1 saturated heterocycles. The predicted molar refractivity (Wildman–Crippen MR) is 55.3 cm³/mol. The first-order valence-electron chi connectivity index (χ1n) is 5.13. The van der Waals surface area contributed by atoms with Crippen molar-refractivity contribution in [1.29, 1.82) is 0 Å². The molecule has 15 heavy (non-hydrogen) atoms. The van der Waals surface area contributed by atoms with Crippen LogP contribution in [0.5, 0.6) is 0 Å². The van der Waals surface area contributed by atoms with Gasteiger partial charge in [0.1, 0.15) is 0 Å². The van der Waals surface area contributed by atoms with E-state index >= 15 is 0 Å². The zero-order valence-corrected chi connectivity index (χ0v) is 8.39. The van der Waals surface area contributed by atoms with Crippen LogP contribution in [0.15, 0.2) is 24.5 Å². The van der Waals surface area contributed by atoms with E-state index < -0.39 is 5.97 Å². The third-order valence-electron chi connectivity index (χ3n) is 2.86. The number of carboxylic acid groups (broad SMARTS) is 1. The summed E-state index contributed by atoms with van der Waals surface area (Å²) < 4.78 is 0. The number of carbonyl (C=O) groups is 1. The zero-order valence-electron chi connectivity index (χ0n) is 8.39. The van der Waals surface area contributed by atoms with Gasteiger partial charge in [-0.3, -0.25) is 9.78 Å². The van der Waals surface area contributed by atoms with Crippen molar-refractivity contribution in [1.82, 2.24) is 10.3 Å². The zero-order chi connectivity index (χ0) is 10.7. The second kappa shape index (κ2) is 4.40. The minimum absolute atomic E-state index is 0.155. The van der Waals surface area contributed by atoms with Gasteiger partial charge in [-0.15, -0.1) is 0 Å². The van der Waals surface area contributed by atoms with E-state index in [0.717, 1.165) is 18.5 Å². The summed E-state index contributed by atoms with van der Waals surface area (Å²) in [5.74, 6) is -0.903. The maximum Gasteiger partial charge on any atom is 0.306 e. The normalized spacial score (nSPS) is 26.1. The van der Waals surface area contributed by atoms with E-state index in [2.05, 4.69) is 10.3 Å². The Balaban J connectivity index is 2.08. The summed E-state index contributed by atoms with van der Waals surface area (Å²) in [5, 5.41) is 12.3. The molecule has 2 atom stereocenters. The van der Waals surface area contributed by atoms with Crippen LogP contribution in [0, 0.1) is 5.92 Å². The van der Waals surface area contributed by atoms with Gasteiger partial charge in [-0.25, -0.2) is 0 Å². The number of carboxylic acids is 1. The highest BCUT2D eigenvalue weighted by Gasteiger charge is 2.27. The van der Waals surface area contributed by atoms with Crippen LogP contribution in [0.1, 0.15) is 24.4 Å². The summed E-state index contributed by atoms with van der Waals surface area (Å²) in [6, 6.07) is 4.02. The number of aliphatic carboxylic acids is 1. The molecule has 1 aliphatic rings. The second-order valence-electron chi connectivity index (χ2n) is 3.85. The molecule has 2 heterocycles. The first-order valence-corrected chi connectivity index (χ1v) is 5.13. The highest BCUT2D eigenvalue weighted by molar-refractivity contribution is 5.70. The van der Waals surface area contributed by atoms with Crippen LogP contribution in [0.4, 0.5) is 0 Å². The molecule has 0 bridgehead atoms. The van der Waals surface area contributed by atoms with Crippen LogP contribution in [0.2, 0.25) is 0 Å². The number of piperidine rings is 1. The minimum Gasteiger partial charge on any atom is -0.481 e. The van der Waals surface area contributed by atoms with Crippen molar-refractivity contribution in [3.63, 3.8) is 0 Å². The average Bonchev–Trinajstić information content (AvgIpc) is 2.30. The number of hydrogen-bond acceptors (Lipinski definition) is 3. The molecular formula is C11H14N2O2. The SMILES string of the molecule is O=C(O)C1CCNC(c2ccncc2)C1. The molecular weight excluding hydrogens is 192 g/mol. The van der Waals surface area contributed by atoms with Crippen LogP contribution < -0.4 is 5.32 Å². The Morgan fingerprint density at radius 2 is 2.20 bits per heavy atom. The van der Waals surface area contributed by atoms with Gasteiger partial charge in [-0.1, -0.05) is 0 Å². The van der Waals surface area contributed by atoms with E-state index in [-0.39, 0.29) is 12.0 Å². The molecule has 0 aliphatic carbocycles. The van der Waals surface area contributed by atoms with Crippen LogP contribution in [0.25, 0.3) is 0 Å². The Hall–Kier alpha value is -1.42. The number of aromatic nitrogens is 1. The molecule has 4 nitrogen and oxygen atoms in total. The van der Waals surface area contributed by atoms with Gasteiger partial charge < -0.3 is 10.4 Å². The first-order chi connectivity index (χ1) is 7.27. The fourth-order valence-corrected chi connectivity index (χ4v) is 1.99. The van der Waals surface area contributed by atoms with Gasteiger partial charge in [0.05, 0.1) is 5.92 Å². The van der Waals surface area contributed by atoms with Gasteiger partial charge in [0.2, 0.25) is 0 Å². The molecule has 0 saturated carbocycles. The summed E-state index contributed by atoms with van der Waals surface area (Å²) in [6.07, 6.45) is 4.86. The van der Waals surface area contributed by atoms with E-state index in [4.69, 9.17) is 5.11 Å². The van der Waals surface area contributed by atoms with E-state index in [1.807, 2.05) is 12.1 Å². The highest BCUT2D eigenvalue weighted by Crippen LogP contribution is 2.26. The molecule has 0 spiro atoms. The third-order valence-corrected chi connectivity index (χ3v) is 2.86. The molecule has 1 aromatic heterocycles. The third kappa shape index (κ3) is 2.33. The fraction of sp³-hybridized carbons (Fsp3) is 0.455. The van der Waals surface area contributed by atoms with Crippen molar-refractivity contribution in [2.24, 2.45) is 5.92 Å². The summed E-state index contributed by atoms with van der Waals surface area (Å²) in [5.41, 5.74) is 1.12. The van der Waals surface area contributed by atoms with Gasteiger partial charge in [-0.05, 0) is 37.1 Å². The molecule has 1 aromatic rings. The van der Waals surface area contributed by atoms with E-state index in [1.165, 1.54) is 0 Å². The molecule has 1 fully saturated rings. The maximum absolute atomic E-state index is 10.9. The quantitative estimate of drug-likeness (QED) is 0.763. The highest BCUT2D eigenvalue weighted by atomic mass is 16.4. The number of hydrogen-bond donors (Lipinski definition) is 2. The lowest BCUT2D eigenvalue weighted by atomic mass is 9.89. The maximum atomic E-state index is 10.9. The largest absolute Gasteiger partial charge is 0.481 e. The van der Waals surface area contributed by atoms with Crippen LogP contribution >= 0.6 is 0 Å². The predicted octanol–water partition coefficient (Wildman–Crippen LogP) is 1.21. The summed E-state index contributed by atoms with van der Waals surface area (Å²) >= 11 is 0. The van der Waals surface area contributed by atoms with Crippen molar-refractivity contribution in [2.75, 3.05) is 6.54 Å². The monoisotopic (exact) mass is 206 g/mol. The van der Waals surface area contributed by atoms with Crippen molar-refractivity contribution < 1.29 is 9.90 Å². The van der Waals surface area contributed by atoms with E-state index in [9.17, 15) is 4.79 Å². The van der Waals surface area contributed by atoms with E-state index in [0.29, 0.717) is 6.42 Å². The van der Waals surface area contributed by atoms with Gasteiger partial charge >= 0.3 is 5.97 Å². The topological polar surface area (TPSA) is 62.2 Å². The van der Waals surface area contributed by atoms with E-state index in [1.54, 1.807) is 12.4 Å². The van der Waals surface area contributed by atoms with Crippen LogP contribution in [-0.2, 0) is 4.79 Å². The van der Waals surface area contributed by atoms with Crippen LogP contribution in [0.3, 0.4) is 0 Å². The molecule has 80 valence electrons. The Labute approximate surface area is 88.3 Å². The van der Waals surface area contributed by atoms with Gasteiger partial charge in [0.15, 0.2) is 0 Å². The van der Waals surface area contributed by atoms with Gasteiger partial charge in [0.25, 0.3) is 0 Å². The lowest BCUT2D eigenvalue weighted by Crippen LogP contribution is -2.34. The Morgan fingerprint density at radius 3 is 2.87 bits per heavy atom. The van der Waals surface area contributed by atoms with Crippen molar-refractivity contribution in [2.45, 2.75) is 18.9 Å². The van der Waals surface area contributed by atoms with Crippen molar-refractivity contribution >= 4 is 5.97 Å². The van der Waals surface area contributed by atoms with Crippen LogP contribution in [-0.4, -0.2) is 22.6 Å². The molecule has 0 amide bonds. The number of nitrogens with one attached hydrogen (secondary N) is 1. The Kier molecular flexibility index (Phi) is 2.97. The molecule has 0 radical (unpaired) electrons. The smallest absolute Gasteiger partial charge is 0.306 e. The summed E-state index contributed by atoms with van der Waals surface area (Å²) in [7, 11) is 0. The molecule has 1 aliphatic heterocycles. The molecule has 0 aromatic carbocycles.